The predicted octanol–water partition coefficient (Wildman–Crippen LogP) is 1.54. The summed E-state index contributed by atoms with van der Waals surface area (Å²) >= 11 is 5.84. The van der Waals surface area contributed by atoms with Crippen molar-refractivity contribution < 1.29 is 9.59 Å². The maximum Gasteiger partial charge on any atom is 0.255 e. The van der Waals surface area contributed by atoms with Crippen LogP contribution >= 0.6 is 11.6 Å². The van der Waals surface area contributed by atoms with Gasteiger partial charge in [-0.1, -0.05) is 11.6 Å². The van der Waals surface area contributed by atoms with Crippen LogP contribution in [0, 0.1) is 0 Å². The molecule has 0 aromatic heterocycles. The van der Waals surface area contributed by atoms with E-state index in [1.54, 1.807) is 23.1 Å². The number of hydrogen-bond donors (Lipinski definition) is 1. The van der Waals surface area contributed by atoms with Gasteiger partial charge in [0, 0.05) is 11.4 Å². The molecular weight excluding hydrogens is 228 g/mol. The highest BCUT2D eigenvalue weighted by molar-refractivity contribution is 6.31. The molecular formula is C11H9ClN2O2. The number of fused-ring (bicyclic) bond motifs is 3. The van der Waals surface area contributed by atoms with Crippen LogP contribution in [-0.4, -0.2) is 18.0 Å². The van der Waals surface area contributed by atoms with Crippen LogP contribution in [0.15, 0.2) is 18.2 Å². The van der Waals surface area contributed by atoms with Crippen molar-refractivity contribution in [2.24, 2.45) is 0 Å². The summed E-state index contributed by atoms with van der Waals surface area (Å²) in [6, 6.07) is 5.02. The minimum Gasteiger partial charge on any atom is -0.331 e. The van der Waals surface area contributed by atoms with E-state index in [0.29, 0.717) is 29.1 Å². The topological polar surface area (TPSA) is 49.4 Å². The van der Waals surface area contributed by atoms with E-state index in [2.05, 4.69) is 5.32 Å². The Labute approximate surface area is 97.2 Å². The number of anilines is 1. The van der Waals surface area contributed by atoms with Crippen LogP contribution in [0.25, 0.3) is 0 Å². The highest BCUT2D eigenvalue weighted by Crippen LogP contribution is 2.33. The van der Waals surface area contributed by atoms with Gasteiger partial charge < -0.3 is 5.32 Å². The third kappa shape index (κ3) is 1.23. The Kier molecular flexibility index (Phi) is 1.94. The summed E-state index contributed by atoms with van der Waals surface area (Å²) in [6.07, 6.45) is 0.966. The van der Waals surface area contributed by atoms with Crippen molar-refractivity contribution in [1.82, 2.24) is 5.32 Å². The molecule has 16 heavy (non-hydrogen) atoms. The molecule has 1 fully saturated rings. The molecule has 0 aliphatic carbocycles. The van der Waals surface area contributed by atoms with Gasteiger partial charge in [0.1, 0.15) is 6.17 Å². The summed E-state index contributed by atoms with van der Waals surface area (Å²) in [5, 5.41) is 3.30. The monoisotopic (exact) mass is 236 g/mol. The summed E-state index contributed by atoms with van der Waals surface area (Å²) in [7, 11) is 0. The Hall–Kier alpha value is -1.55. The van der Waals surface area contributed by atoms with Crippen molar-refractivity contribution in [2.75, 3.05) is 4.90 Å². The molecule has 0 bridgehead atoms. The second-order valence-corrected chi connectivity index (χ2v) is 4.39. The fraction of sp³-hybridized carbons (Fsp3) is 0.273. The molecule has 5 heteroatoms. The van der Waals surface area contributed by atoms with E-state index in [0.717, 1.165) is 0 Å². The smallest absolute Gasteiger partial charge is 0.255 e. The van der Waals surface area contributed by atoms with Gasteiger partial charge in [0.15, 0.2) is 0 Å². The van der Waals surface area contributed by atoms with Crippen LogP contribution in [0.1, 0.15) is 23.2 Å². The molecule has 1 aromatic rings. The lowest BCUT2D eigenvalue weighted by Gasteiger charge is -2.32. The minimum atomic E-state index is -0.186. The molecule has 0 saturated carbocycles. The van der Waals surface area contributed by atoms with Crippen molar-refractivity contribution in [3.8, 4) is 0 Å². The molecule has 1 N–H and O–H groups in total. The summed E-state index contributed by atoms with van der Waals surface area (Å²) in [5.41, 5.74) is 1.14. The summed E-state index contributed by atoms with van der Waals surface area (Å²) < 4.78 is 0. The zero-order valence-electron chi connectivity index (χ0n) is 8.37. The summed E-state index contributed by atoms with van der Waals surface area (Å²) in [5.74, 6) is -0.109. The normalized spacial score (nSPS) is 22.8. The van der Waals surface area contributed by atoms with E-state index >= 15 is 0 Å². The van der Waals surface area contributed by atoms with Gasteiger partial charge in [0.25, 0.3) is 5.91 Å². The molecule has 1 unspecified atom stereocenters. The van der Waals surface area contributed by atoms with Gasteiger partial charge >= 0.3 is 0 Å². The lowest BCUT2D eigenvalue weighted by molar-refractivity contribution is -0.117. The van der Waals surface area contributed by atoms with E-state index < -0.39 is 0 Å². The fourth-order valence-electron chi connectivity index (χ4n) is 2.25. The lowest BCUT2D eigenvalue weighted by atomic mass is 10.1. The van der Waals surface area contributed by atoms with E-state index in [1.807, 2.05) is 0 Å². The van der Waals surface area contributed by atoms with Crippen LogP contribution in [0.2, 0.25) is 5.02 Å². The van der Waals surface area contributed by atoms with Gasteiger partial charge in [0.2, 0.25) is 5.91 Å². The summed E-state index contributed by atoms with van der Waals surface area (Å²) in [4.78, 5) is 25.1. The van der Waals surface area contributed by atoms with Gasteiger partial charge in [-0.05, 0) is 24.6 Å². The number of carbonyl (C=O) groups is 2. The van der Waals surface area contributed by atoms with Crippen LogP contribution in [0.4, 0.5) is 5.69 Å². The van der Waals surface area contributed by atoms with Crippen molar-refractivity contribution in [3.05, 3.63) is 28.8 Å². The van der Waals surface area contributed by atoms with Crippen molar-refractivity contribution in [2.45, 2.75) is 19.0 Å². The number of nitrogens with zero attached hydrogens (tertiary/aromatic N) is 1. The largest absolute Gasteiger partial charge is 0.331 e. The number of carbonyl (C=O) groups excluding carboxylic acids is 2. The number of hydrogen-bond acceptors (Lipinski definition) is 2. The first-order valence-electron chi connectivity index (χ1n) is 5.09. The van der Waals surface area contributed by atoms with Gasteiger partial charge in [-0.15, -0.1) is 0 Å². The number of rotatable bonds is 0. The molecule has 3 rings (SSSR count). The quantitative estimate of drug-likeness (QED) is 0.743. The molecule has 2 heterocycles. The van der Waals surface area contributed by atoms with Crippen molar-refractivity contribution >= 4 is 29.1 Å². The maximum absolute atomic E-state index is 11.8. The molecule has 2 amide bonds. The third-order valence-electron chi connectivity index (χ3n) is 2.97. The number of benzene rings is 1. The fourth-order valence-corrected chi connectivity index (χ4v) is 2.42. The zero-order chi connectivity index (χ0) is 11.3. The SMILES string of the molecule is O=C1NC2CCC(=O)N2c2ccc(Cl)cc21. The van der Waals surface area contributed by atoms with Gasteiger partial charge in [-0.2, -0.15) is 0 Å². The van der Waals surface area contributed by atoms with E-state index in [1.165, 1.54) is 0 Å². The molecule has 82 valence electrons. The molecule has 0 spiro atoms. The van der Waals surface area contributed by atoms with E-state index in [-0.39, 0.29) is 18.0 Å². The predicted molar refractivity (Wildman–Crippen MR) is 59.4 cm³/mol. The van der Waals surface area contributed by atoms with Crippen molar-refractivity contribution in [1.29, 1.82) is 0 Å². The highest BCUT2D eigenvalue weighted by Gasteiger charge is 2.39. The second kappa shape index (κ2) is 3.22. The van der Waals surface area contributed by atoms with E-state index in [4.69, 9.17) is 11.6 Å². The average Bonchev–Trinajstić information content (AvgIpc) is 2.61. The molecule has 0 radical (unpaired) electrons. The third-order valence-corrected chi connectivity index (χ3v) is 3.21. The molecule has 2 aliphatic rings. The Morgan fingerprint density at radius 2 is 2.19 bits per heavy atom. The van der Waals surface area contributed by atoms with Gasteiger partial charge in [-0.3, -0.25) is 14.5 Å². The van der Waals surface area contributed by atoms with Crippen LogP contribution in [0.5, 0.6) is 0 Å². The first-order valence-corrected chi connectivity index (χ1v) is 5.47. The second-order valence-electron chi connectivity index (χ2n) is 3.95. The molecule has 2 aliphatic heterocycles. The molecule has 1 aromatic carbocycles. The first kappa shape index (κ1) is 9.66. The Morgan fingerprint density at radius 1 is 1.38 bits per heavy atom. The molecule has 4 nitrogen and oxygen atoms in total. The minimum absolute atomic E-state index is 0.0496. The molecule has 1 saturated heterocycles. The van der Waals surface area contributed by atoms with Gasteiger partial charge in [-0.25, -0.2) is 0 Å². The van der Waals surface area contributed by atoms with Crippen molar-refractivity contribution in [3.63, 3.8) is 0 Å². The maximum atomic E-state index is 11.8. The van der Waals surface area contributed by atoms with E-state index in [9.17, 15) is 9.59 Å². The first-order chi connectivity index (χ1) is 7.66. The zero-order valence-corrected chi connectivity index (χ0v) is 9.12. The van der Waals surface area contributed by atoms with Gasteiger partial charge in [0.05, 0.1) is 11.3 Å². The number of amides is 2. The Balaban J connectivity index is 2.18. The van der Waals surface area contributed by atoms with Crippen LogP contribution in [0.3, 0.4) is 0 Å². The summed E-state index contributed by atoms with van der Waals surface area (Å²) in [6.45, 7) is 0. The number of nitrogens with one attached hydrogen (secondary N) is 1. The number of halogens is 1. The van der Waals surface area contributed by atoms with Crippen LogP contribution in [-0.2, 0) is 4.79 Å². The Bertz CT molecular complexity index is 501. The molecule has 1 atom stereocenters. The standard InChI is InChI=1S/C11H9ClN2O2/c12-6-1-2-8-7(5-6)11(16)13-9-3-4-10(15)14(8)9/h1-2,5,9H,3-4H2,(H,13,16). The lowest BCUT2D eigenvalue weighted by Crippen LogP contribution is -2.50. The Morgan fingerprint density at radius 3 is 3.00 bits per heavy atom. The average molecular weight is 237 g/mol. The van der Waals surface area contributed by atoms with Crippen LogP contribution < -0.4 is 10.2 Å². The highest BCUT2D eigenvalue weighted by atomic mass is 35.5.